The number of aryl methyl sites for hydroxylation is 1. The van der Waals surface area contributed by atoms with Crippen molar-refractivity contribution in [2.24, 2.45) is 0 Å². The topological polar surface area (TPSA) is 17.8 Å². The van der Waals surface area contributed by atoms with Crippen molar-refractivity contribution in [1.82, 2.24) is 9.55 Å². The first-order chi connectivity index (χ1) is 4.36. The quantitative estimate of drug-likeness (QED) is 0.579. The summed E-state index contributed by atoms with van der Waals surface area (Å²) in [5.74, 6) is 0. The maximum atomic E-state index is 4.11. The molecule has 0 spiro atoms. The Kier molecular flexibility index (Phi) is 1.88. The lowest BCUT2D eigenvalue weighted by atomic mass is 10.4. The van der Waals surface area contributed by atoms with E-state index >= 15 is 0 Å². The Hall–Kier alpha value is -0.790. The maximum absolute atomic E-state index is 4.11. The van der Waals surface area contributed by atoms with Gasteiger partial charge in [0.2, 0.25) is 0 Å². The van der Waals surface area contributed by atoms with Gasteiger partial charge in [-0.15, -0.1) is 0 Å². The summed E-state index contributed by atoms with van der Waals surface area (Å²) in [5.41, 5.74) is 1.07. The molecule has 0 fully saturated rings. The van der Waals surface area contributed by atoms with E-state index in [1.165, 1.54) is 0 Å². The molecule has 0 amide bonds. The third-order valence-electron chi connectivity index (χ3n) is 1.31. The minimum absolute atomic E-state index is 0.785. The molecule has 49 valence electrons. The van der Waals surface area contributed by atoms with E-state index in [1.807, 2.05) is 17.1 Å². The number of hydrogen-bond acceptors (Lipinski definition) is 1. The molecule has 9 heavy (non-hydrogen) atoms. The molecule has 0 unspecified atom stereocenters. The Balaban J connectivity index is 2.74. The summed E-state index contributed by atoms with van der Waals surface area (Å²) < 4.78 is 2.04. The van der Waals surface area contributed by atoms with Gasteiger partial charge in [-0.3, -0.25) is 0 Å². The van der Waals surface area contributed by atoms with Crippen LogP contribution in [0.15, 0.2) is 12.5 Å². The van der Waals surface area contributed by atoms with Crippen molar-refractivity contribution in [3.05, 3.63) is 25.1 Å². The number of imidazole rings is 1. The van der Waals surface area contributed by atoms with Crippen LogP contribution in [0.4, 0.5) is 0 Å². The van der Waals surface area contributed by atoms with Crippen LogP contribution < -0.4 is 0 Å². The van der Waals surface area contributed by atoms with Crippen molar-refractivity contribution in [1.29, 1.82) is 0 Å². The van der Waals surface area contributed by atoms with Gasteiger partial charge >= 0.3 is 0 Å². The van der Waals surface area contributed by atoms with E-state index in [0.717, 1.165) is 18.7 Å². The highest BCUT2D eigenvalue weighted by Gasteiger charge is 1.91. The molecular formula is C7H11N2. The Labute approximate surface area is 55.5 Å². The molecule has 1 radical (unpaired) electrons. The molecular weight excluding hydrogens is 112 g/mol. The van der Waals surface area contributed by atoms with Gasteiger partial charge in [-0.1, -0.05) is 0 Å². The standard InChI is InChI=1S/C7H11N2/c1-3-7-5-9(4-2)6-8-7/h5-6H,1,3-4H2,2H3. The number of aromatic nitrogens is 2. The fourth-order valence-electron chi connectivity index (χ4n) is 0.708. The average molecular weight is 123 g/mol. The molecule has 0 saturated heterocycles. The van der Waals surface area contributed by atoms with Crippen LogP contribution in [0.3, 0.4) is 0 Å². The zero-order valence-corrected chi connectivity index (χ0v) is 5.67. The van der Waals surface area contributed by atoms with E-state index in [-0.39, 0.29) is 0 Å². The van der Waals surface area contributed by atoms with Crippen molar-refractivity contribution in [2.45, 2.75) is 19.9 Å². The molecule has 0 aromatic carbocycles. The van der Waals surface area contributed by atoms with Crippen LogP contribution in [0.5, 0.6) is 0 Å². The Morgan fingerprint density at radius 1 is 1.78 bits per heavy atom. The van der Waals surface area contributed by atoms with Crippen molar-refractivity contribution in [3.63, 3.8) is 0 Å². The van der Waals surface area contributed by atoms with Gasteiger partial charge in [0, 0.05) is 12.7 Å². The lowest BCUT2D eigenvalue weighted by Crippen LogP contribution is -1.86. The van der Waals surface area contributed by atoms with Crippen molar-refractivity contribution in [2.75, 3.05) is 0 Å². The smallest absolute Gasteiger partial charge is 0.0949 e. The van der Waals surface area contributed by atoms with E-state index in [9.17, 15) is 0 Å². The van der Waals surface area contributed by atoms with E-state index in [2.05, 4.69) is 18.8 Å². The van der Waals surface area contributed by atoms with Crippen LogP contribution >= 0.6 is 0 Å². The van der Waals surface area contributed by atoms with Crippen molar-refractivity contribution in [3.8, 4) is 0 Å². The minimum Gasteiger partial charge on any atom is -0.337 e. The molecule has 1 aromatic heterocycles. The first-order valence-corrected chi connectivity index (χ1v) is 3.16. The molecule has 0 atom stereocenters. The van der Waals surface area contributed by atoms with E-state index in [0.29, 0.717) is 0 Å². The molecule has 1 rings (SSSR count). The van der Waals surface area contributed by atoms with Gasteiger partial charge in [0.05, 0.1) is 12.0 Å². The highest BCUT2D eigenvalue weighted by molar-refractivity contribution is 4.97. The molecule has 2 heteroatoms. The fourth-order valence-corrected chi connectivity index (χ4v) is 0.708. The number of hydrogen-bond donors (Lipinski definition) is 0. The largest absolute Gasteiger partial charge is 0.337 e. The average Bonchev–Trinajstić information content (AvgIpc) is 2.34. The van der Waals surface area contributed by atoms with Crippen LogP contribution in [0, 0.1) is 6.92 Å². The lowest BCUT2D eigenvalue weighted by Gasteiger charge is -1.89. The van der Waals surface area contributed by atoms with Gasteiger partial charge in [-0.2, -0.15) is 0 Å². The van der Waals surface area contributed by atoms with Gasteiger partial charge in [-0.05, 0) is 20.3 Å². The van der Waals surface area contributed by atoms with Crippen LogP contribution in [-0.4, -0.2) is 9.55 Å². The van der Waals surface area contributed by atoms with Crippen molar-refractivity contribution >= 4 is 0 Å². The Morgan fingerprint density at radius 3 is 2.89 bits per heavy atom. The third-order valence-corrected chi connectivity index (χ3v) is 1.31. The molecule has 0 saturated carbocycles. The first kappa shape index (κ1) is 6.33. The van der Waals surface area contributed by atoms with Gasteiger partial charge in [0.25, 0.3) is 0 Å². The van der Waals surface area contributed by atoms with Crippen LogP contribution in [-0.2, 0) is 13.0 Å². The molecule has 0 aliphatic heterocycles. The third kappa shape index (κ3) is 1.31. The van der Waals surface area contributed by atoms with Crippen LogP contribution in [0.25, 0.3) is 0 Å². The fraction of sp³-hybridized carbons (Fsp3) is 0.429. The molecule has 0 bridgehead atoms. The maximum Gasteiger partial charge on any atom is 0.0949 e. The molecule has 1 aromatic rings. The van der Waals surface area contributed by atoms with Gasteiger partial charge in [0.15, 0.2) is 0 Å². The first-order valence-electron chi connectivity index (χ1n) is 3.16. The summed E-state index contributed by atoms with van der Waals surface area (Å²) >= 11 is 0. The zero-order chi connectivity index (χ0) is 6.69. The number of rotatable bonds is 2. The van der Waals surface area contributed by atoms with Gasteiger partial charge in [-0.25, -0.2) is 4.98 Å². The minimum atomic E-state index is 0.785. The number of nitrogens with zero attached hydrogens (tertiary/aromatic N) is 2. The lowest BCUT2D eigenvalue weighted by molar-refractivity contribution is 0.761. The summed E-state index contributed by atoms with van der Waals surface area (Å²) in [5, 5.41) is 0. The molecule has 2 nitrogen and oxygen atoms in total. The SMILES string of the molecule is [CH2]Cc1cn(CC)cn1. The molecule has 0 N–H and O–H groups in total. The molecule has 1 heterocycles. The molecule has 0 aliphatic carbocycles. The second-order valence-corrected chi connectivity index (χ2v) is 1.95. The normalized spacial score (nSPS) is 10.0. The summed E-state index contributed by atoms with van der Waals surface area (Å²) in [6.07, 6.45) is 4.64. The van der Waals surface area contributed by atoms with Crippen molar-refractivity contribution < 1.29 is 0 Å². The van der Waals surface area contributed by atoms with Gasteiger partial charge < -0.3 is 4.57 Å². The summed E-state index contributed by atoms with van der Waals surface area (Å²) in [7, 11) is 0. The second kappa shape index (κ2) is 2.67. The Bertz CT molecular complexity index is 160. The highest BCUT2D eigenvalue weighted by Crippen LogP contribution is 1.94. The predicted molar refractivity (Wildman–Crippen MR) is 37.0 cm³/mol. The summed E-state index contributed by atoms with van der Waals surface area (Å²) in [4.78, 5) is 4.11. The zero-order valence-electron chi connectivity index (χ0n) is 5.67. The molecule has 0 aliphatic rings. The summed E-state index contributed by atoms with van der Waals surface area (Å²) in [6, 6.07) is 0. The van der Waals surface area contributed by atoms with Crippen LogP contribution in [0.2, 0.25) is 0 Å². The van der Waals surface area contributed by atoms with Gasteiger partial charge in [0.1, 0.15) is 0 Å². The predicted octanol–water partition coefficient (Wildman–Crippen LogP) is 1.28. The monoisotopic (exact) mass is 123 g/mol. The van der Waals surface area contributed by atoms with E-state index in [4.69, 9.17) is 0 Å². The van der Waals surface area contributed by atoms with Crippen LogP contribution in [0.1, 0.15) is 12.6 Å². The highest BCUT2D eigenvalue weighted by atomic mass is 15.0. The van der Waals surface area contributed by atoms with E-state index < -0.39 is 0 Å². The summed E-state index contributed by atoms with van der Waals surface area (Å²) in [6.45, 7) is 6.81. The Morgan fingerprint density at radius 2 is 2.56 bits per heavy atom. The second-order valence-electron chi connectivity index (χ2n) is 1.95. The van der Waals surface area contributed by atoms with E-state index in [1.54, 1.807) is 0 Å².